The van der Waals surface area contributed by atoms with Gasteiger partial charge in [0, 0.05) is 36.6 Å². The van der Waals surface area contributed by atoms with Gasteiger partial charge in [-0.25, -0.2) is 4.39 Å². The Balaban J connectivity index is 1.59. The summed E-state index contributed by atoms with van der Waals surface area (Å²) in [6.45, 7) is 3.18. The average molecular weight is 324 g/mol. The lowest BCUT2D eigenvalue weighted by molar-refractivity contribution is 0.0936. The topological polar surface area (TPSA) is 71.3 Å². The summed E-state index contributed by atoms with van der Waals surface area (Å²) >= 11 is 1.23. The first kappa shape index (κ1) is 15.1. The van der Waals surface area contributed by atoms with Crippen LogP contribution in [0.25, 0.3) is 0 Å². The Morgan fingerprint density at radius 1 is 1.64 bits per heavy atom. The standard InChI is InChI=1S/C14H17FN4O2S/c1-9-10(5-17-21-9)7-19-8-11(15)4-12(19)6-16-14(20)13-2-3-22-18-13/h2-3,5,11-12H,4,6-8H2,1H3,(H,16,20)/t11-,12-/m0/s1. The molecule has 3 rings (SSSR count). The van der Waals surface area contributed by atoms with Crippen LogP contribution in [0.2, 0.25) is 0 Å². The van der Waals surface area contributed by atoms with Crippen LogP contribution in [0.5, 0.6) is 0 Å². The number of alkyl halides is 1. The van der Waals surface area contributed by atoms with E-state index in [1.165, 1.54) is 11.5 Å². The predicted octanol–water partition coefficient (Wildman–Crippen LogP) is 1.78. The molecule has 0 spiro atoms. The molecule has 1 amide bonds. The highest BCUT2D eigenvalue weighted by Crippen LogP contribution is 2.23. The van der Waals surface area contributed by atoms with Crippen molar-refractivity contribution >= 4 is 17.4 Å². The molecule has 0 radical (unpaired) electrons. The summed E-state index contributed by atoms with van der Waals surface area (Å²) in [6.07, 6.45) is 1.20. The maximum Gasteiger partial charge on any atom is 0.271 e. The van der Waals surface area contributed by atoms with Gasteiger partial charge >= 0.3 is 0 Å². The lowest BCUT2D eigenvalue weighted by Gasteiger charge is -2.23. The van der Waals surface area contributed by atoms with E-state index in [0.717, 1.165) is 11.3 Å². The number of aromatic nitrogens is 2. The Kier molecular flexibility index (Phi) is 4.49. The Morgan fingerprint density at radius 2 is 2.50 bits per heavy atom. The lowest BCUT2D eigenvalue weighted by atomic mass is 10.2. The van der Waals surface area contributed by atoms with Crippen molar-refractivity contribution in [3.63, 3.8) is 0 Å². The molecule has 0 aliphatic carbocycles. The molecule has 1 N–H and O–H groups in total. The van der Waals surface area contributed by atoms with Crippen LogP contribution in [0, 0.1) is 6.92 Å². The molecule has 2 aromatic heterocycles. The molecule has 0 aromatic carbocycles. The Hall–Kier alpha value is -1.80. The van der Waals surface area contributed by atoms with Crippen molar-refractivity contribution in [3.8, 4) is 0 Å². The van der Waals surface area contributed by atoms with Gasteiger partial charge in [0.15, 0.2) is 0 Å². The van der Waals surface area contributed by atoms with Gasteiger partial charge in [-0.1, -0.05) is 5.16 Å². The van der Waals surface area contributed by atoms with Gasteiger partial charge in [-0.3, -0.25) is 9.69 Å². The van der Waals surface area contributed by atoms with E-state index < -0.39 is 6.17 Å². The average Bonchev–Trinajstić information content (AvgIpc) is 3.20. The fraction of sp³-hybridized carbons (Fsp3) is 0.500. The second-order valence-electron chi connectivity index (χ2n) is 5.42. The molecular weight excluding hydrogens is 307 g/mol. The molecule has 1 aliphatic heterocycles. The summed E-state index contributed by atoms with van der Waals surface area (Å²) in [6, 6.07) is 1.64. The highest BCUT2D eigenvalue weighted by molar-refractivity contribution is 7.03. The molecule has 1 fully saturated rings. The predicted molar refractivity (Wildman–Crippen MR) is 79.4 cm³/mol. The van der Waals surface area contributed by atoms with Gasteiger partial charge in [0.05, 0.1) is 6.20 Å². The summed E-state index contributed by atoms with van der Waals surface area (Å²) in [5.41, 5.74) is 1.35. The zero-order valence-corrected chi connectivity index (χ0v) is 13.0. The van der Waals surface area contributed by atoms with Gasteiger partial charge in [-0.05, 0) is 30.9 Å². The van der Waals surface area contributed by atoms with E-state index in [1.807, 2.05) is 11.8 Å². The number of hydrogen-bond donors (Lipinski definition) is 1. The molecule has 0 saturated carbocycles. The van der Waals surface area contributed by atoms with Crippen molar-refractivity contribution in [1.29, 1.82) is 0 Å². The number of rotatable bonds is 5. The minimum Gasteiger partial charge on any atom is -0.361 e. The van der Waals surface area contributed by atoms with E-state index in [-0.39, 0.29) is 11.9 Å². The fourth-order valence-electron chi connectivity index (χ4n) is 2.65. The van der Waals surface area contributed by atoms with E-state index >= 15 is 0 Å². The molecule has 8 heteroatoms. The van der Waals surface area contributed by atoms with Crippen LogP contribution >= 0.6 is 11.5 Å². The second kappa shape index (κ2) is 6.53. The van der Waals surface area contributed by atoms with Crippen LogP contribution in [-0.4, -0.2) is 45.6 Å². The summed E-state index contributed by atoms with van der Waals surface area (Å²) in [7, 11) is 0. The highest BCUT2D eigenvalue weighted by atomic mass is 32.1. The molecule has 0 unspecified atom stereocenters. The normalized spacial score (nSPS) is 22.1. The number of aryl methyl sites for hydroxylation is 1. The first-order valence-corrected chi connectivity index (χ1v) is 7.94. The van der Waals surface area contributed by atoms with E-state index in [1.54, 1.807) is 17.6 Å². The Bertz CT molecular complexity index is 631. The molecule has 1 aliphatic rings. The summed E-state index contributed by atoms with van der Waals surface area (Å²) in [5, 5.41) is 8.33. The molecule has 1 saturated heterocycles. The fourth-order valence-corrected chi connectivity index (χ4v) is 3.16. The molecule has 0 bridgehead atoms. The quantitative estimate of drug-likeness (QED) is 0.908. The van der Waals surface area contributed by atoms with E-state index in [4.69, 9.17) is 4.52 Å². The van der Waals surface area contributed by atoms with E-state index in [9.17, 15) is 9.18 Å². The third-order valence-electron chi connectivity index (χ3n) is 3.87. The lowest BCUT2D eigenvalue weighted by Crippen LogP contribution is -2.39. The Morgan fingerprint density at radius 3 is 3.18 bits per heavy atom. The van der Waals surface area contributed by atoms with E-state index in [0.29, 0.717) is 31.7 Å². The molecule has 6 nitrogen and oxygen atoms in total. The summed E-state index contributed by atoms with van der Waals surface area (Å²) in [4.78, 5) is 13.9. The van der Waals surface area contributed by atoms with Crippen molar-refractivity contribution in [3.05, 3.63) is 34.7 Å². The van der Waals surface area contributed by atoms with Gasteiger partial charge in [0.1, 0.15) is 17.6 Å². The largest absolute Gasteiger partial charge is 0.361 e. The van der Waals surface area contributed by atoms with Crippen LogP contribution in [0.3, 0.4) is 0 Å². The summed E-state index contributed by atoms with van der Waals surface area (Å²) < 4.78 is 22.8. The molecule has 2 atom stereocenters. The maximum absolute atomic E-state index is 13.7. The van der Waals surface area contributed by atoms with Gasteiger partial charge in [-0.15, -0.1) is 0 Å². The smallest absolute Gasteiger partial charge is 0.271 e. The number of nitrogens with one attached hydrogen (secondary N) is 1. The van der Waals surface area contributed by atoms with Crippen LogP contribution in [0.15, 0.2) is 22.2 Å². The first-order chi connectivity index (χ1) is 10.6. The number of carbonyl (C=O) groups excluding carboxylic acids is 1. The zero-order valence-electron chi connectivity index (χ0n) is 12.2. The molecule has 22 heavy (non-hydrogen) atoms. The Labute approximate surface area is 131 Å². The van der Waals surface area contributed by atoms with Gasteiger partial charge < -0.3 is 9.84 Å². The van der Waals surface area contributed by atoms with Crippen molar-refractivity contribution in [2.24, 2.45) is 0 Å². The minimum atomic E-state index is -0.874. The molecule has 2 aromatic rings. The third-order valence-corrected chi connectivity index (χ3v) is 4.43. The van der Waals surface area contributed by atoms with Crippen molar-refractivity contribution in [1.82, 2.24) is 19.7 Å². The SMILES string of the molecule is Cc1oncc1CN1C[C@@H](F)C[C@H]1CNC(=O)c1ccsn1. The van der Waals surface area contributed by atoms with Crippen LogP contribution in [0.1, 0.15) is 28.2 Å². The number of nitrogens with zero attached hydrogens (tertiary/aromatic N) is 3. The zero-order chi connectivity index (χ0) is 15.5. The highest BCUT2D eigenvalue weighted by Gasteiger charge is 2.32. The van der Waals surface area contributed by atoms with Crippen molar-refractivity contribution in [2.45, 2.75) is 32.1 Å². The number of halogens is 1. The number of hydrogen-bond acceptors (Lipinski definition) is 6. The number of carbonyl (C=O) groups is 1. The molecular formula is C14H17FN4O2S. The van der Waals surface area contributed by atoms with Crippen molar-refractivity contribution < 1.29 is 13.7 Å². The van der Waals surface area contributed by atoms with Gasteiger partial charge in [0.25, 0.3) is 5.91 Å². The number of likely N-dealkylation sites (tertiary alicyclic amines) is 1. The second-order valence-corrected chi connectivity index (χ2v) is 6.08. The maximum atomic E-state index is 13.7. The molecule has 3 heterocycles. The van der Waals surface area contributed by atoms with Gasteiger partial charge in [0.2, 0.25) is 0 Å². The molecule has 118 valence electrons. The van der Waals surface area contributed by atoms with Gasteiger partial charge in [-0.2, -0.15) is 4.37 Å². The van der Waals surface area contributed by atoms with Crippen molar-refractivity contribution in [2.75, 3.05) is 13.1 Å². The number of amides is 1. The first-order valence-electron chi connectivity index (χ1n) is 7.10. The van der Waals surface area contributed by atoms with Crippen LogP contribution in [0.4, 0.5) is 4.39 Å². The summed E-state index contributed by atoms with van der Waals surface area (Å²) in [5.74, 6) is 0.525. The van der Waals surface area contributed by atoms with E-state index in [2.05, 4.69) is 14.8 Å². The van der Waals surface area contributed by atoms with Crippen LogP contribution in [-0.2, 0) is 6.54 Å². The minimum absolute atomic E-state index is 0.0353. The van der Waals surface area contributed by atoms with Crippen LogP contribution < -0.4 is 5.32 Å². The third kappa shape index (κ3) is 3.33. The monoisotopic (exact) mass is 324 g/mol.